The van der Waals surface area contributed by atoms with E-state index in [0.29, 0.717) is 15.6 Å². The van der Waals surface area contributed by atoms with E-state index in [1.165, 1.54) is 11.3 Å². The first kappa shape index (κ1) is 17.2. The highest BCUT2D eigenvalue weighted by atomic mass is 79.9. The zero-order chi connectivity index (χ0) is 15.8. The van der Waals surface area contributed by atoms with E-state index in [1.54, 1.807) is 31.2 Å². The number of thiophene rings is 1. The van der Waals surface area contributed by atoms with Gasteiger partial charge in [0.05, 0.1) is 3.79 Å². The summed E-state index contributed by atoms with van der Waals surface area (Å²) < 4.78 is 28.4. The number of nitrogens with one attached hydrogen (secondary N) is 1. The second-order valence-corrected chi connectivity index (χ2v) is 9.69. The Kier molecular flexibility index (Phi) is 5.39. The molecule has 0 amide bonds. The number of benzene rings is 1. The zero-order valence-corrected chi connectivity index (χ0v) is 15.9. The summed E-state index contributed by atoms with van der Waals surface area (Å²) in [6.07, 6.45) is 0. The quantitative estimate of drug-likeness (QED) is 0.730. The van der Waals surface area contributed by atoms with Crippen LogP contribution in [0.1, 0.15) is 24.1 Å². The minimum Gasteiger partial charge on any atom is -0.206 e. The molecule has 0 radical (unpaired) electrons. The van der Waals surface area contributed by atoms with Crippen molar-refractivity contribution in [1.82, 2.24) is 4.72 Å². The van der Waals surface area contributed by atoms with Crippen LogP contribution in [0.3, 0.4) is 0 Å². The third-order valence-electron chi connectivity index (χ3n) is 2.86. The third-order valence-corrected chi connectivity index (χ3v) is 7.57. The first-order valence-corrected chi connectivity index (χ1v) is 9.79. The van der Waals surface area contributed by atoms with Crippen molar-refractivity contribution in [2.45, 2.75) is 24.1 Å². The first-order valence-electron chi connectivity index (χ1n) is 5.94. The lowest BCUT2D eigenvalue weighted by atomic mass is 10.1. The second kappa shape index (κ2) is 6.56. The summed E-state index contributed by atoms with van der Waals surface area (Å²) in [6, 6.07) is 6.16. The molecule has 0 aliphatic rings. The minimum atomic E-state index is -3.59. The predicted octanol–water partition coefficient (Wildman–Crippen LogP) is 5.17. The normalized spacial score (nSPS) is 13.4. The highest BCUT2D eigenvalue weighted by Gasteiger charge is 2.22. The van der Waals surface area contributed by atoms with Gasteiger partial charge in [-0.1, -0.05) is 29.3 Å². The van der Waals surface area contributed by atoms with Gasteiger partial charge in [0.2, 0.25) is 0 Å². The van der Waals surface area contributed by atoms with Crippen molar-refractivity contribution in [2.24, 2.45) is 0 Å². The topological polar surface area (TPSA) is 46.2 Å². The molecule has 1 unspecified atom stereocenters. The van der Waals surface area contributed by atoms with Gasteiger partial charge in [0, 0.05) is 16.1 Å². The summed E-state index contributed by atoms with van der Waals surface area (Å²) in [6.45, 7) is 3.58. The Morgan fingerprint density at radius 2 is 1.95 bits per heavy atom. The Bertz CT molecular complexity index is 755. The fraction of sp³-hybridized carbons (Fsp3) is 0.231. The Balaban J connectivity index is 2.27. The number of sulfonamides is 1. The SMILES string of the molecule is Cc1cc(S(=O)(=O)NC(C)c2ccc(Cl)cc2Cl)sc1Br. The maximum atomic E-state index is 12.4. The number of hydrogen-bond acceptors (Lipinski definition) is 3. The fourth-order valence-electron chi connectivity index (χ4n) is 1.77. The molecule has 0 spiro atoms. The Labute approximate surface area is 146 Å². The van der Waals surface area contributed by atoms with E-state index >= 15 is 0 Å². The van der Waals surface area contributed by atoms with Crippen molar-refractivity contribution in [2.75, 3.05) is 0 Å². The Morgan fingerprint density at radius 1 is 1.29 bits per heavy atom. The van der Waals surface area contributed by atoms with E-state index < -0.39 is 16.1 Å². The number of hydrogen-bond donors (Lipinski definition) is 1. The van der Waals surface area contributed by atoms with Crippen LogP contribution in [0.2, 0.25) is 10.0 Å². The van der Waals surface area contributed by atoms with E-state index in [2.05, 4.69) is 20.7 Å². The lowest BCUT2D eigenvalue weighted by Crippen LogP contribution is -2.26. The molecule has 1 N–H and O–H groups in total. The van der Waals surface area contributed by atoms with E-state index in [1.807, 2.05) is 6.92 Å². The average Bonchev–Trinajstić information content (AvgIpc) is 2.69. The molecule has 1 atom stereocenters. The molecule has 0 fully saturated rings. The molecule has 1 heterocycles. The molecule has 0 saturated heterocycles. The van der Waals surface area contributed by atoms with Gasteiger partial charge in [-0.05, 0) is 59.1 Å². The molecular weight excluding hydrogens is 417 g/mol. The molecule has 0 saturated carbocycles. The summed E-state index contributed by atoms with van der Waals surface area (Å²) >= 11 is 16.5. The number of rotatable bonds is 4. The fourth-order valence-corrected chi connectivity index (χ4v) is 5.81. The average molecular weight is 429 g/mol. The van der Waals surface area contributed by atoms with Gasteiger partial charge in [0.25, 0.3) is 10.0 Å². The van der Waals surface area contributed by atoms with Crippen LogP contribution in [0, 0.1) is 6.92 Å². The number of aryl methyl sites for hydroxylation is 1. The summed E-state index contributed by atoms with van der Waals surface area (Å²) in [5.74, 6) is 0. The van der Waals surface area contributed by atoms with Gasteiger partial charge in [0.15, 0.2) is 0 Å². The standard InChI is InChI=1S/C13H12BrCl2NO2S2/c1-7-5-12(20-13(7)14)21(18,19)17-8(2)10-4-3-9(15)6-11(10)16/h3-6,8,17H,1-2H3. The van der Waals surface area contributed by atoms with Crippen molar-refractivity contribution in [1.29, 1.82) is 0 Å². The summed E-state index contributed by atoms with van der Waals surface area (Å²) in [5, 5.41) is 0.942. The highest BCUT2D eigenvalue weighted by molar-refractivity contribution is 9.11. The maximum Gasteiger partial charge on any atom is 0.250 e. The molecule has 3 nitrogen and oxygen atoms in total. The van der Waals surface area contributed by atoms with Gasteiger partial charge in [-0.15, -0.1) is 11.3 Å². The maximum absolute atomic E-state index is 12.4. The van der Waals surface area contributed by atoms with E-state index in [9.17, 15) is 8.42 Å². The van der Waals surface area contributed by atoms with Crippen LogP contribution in [0.15, 0.2) is 32.3 Å². The van der Waals surface area contributed by atoms with Gasteiger partial charge < -0.3 is 0 Å². The van der Waals surface area contributed by atoms with Gasteiger partial charge in [-0.2, -0.15) is 0 Å². The molecule has 1 aromatic carbocycles. The van der Waals surface area contributed by atoms with Crippen LogP contribution in [-0.2, 0) is 10.0 Å². The third kappa shape index (κ3) is 4.00. The van der Waals surface area contributed by atoms with Crippen molar-refractivity contribution in [3.63, 3.8) is 0 Å². The van der Waals surface area contributed by atoms with Crippen molar-refractivity contribution >= 4 is 60.5 Å². The Hall–Kier alpha value is -0.110. The molecule has 2 rings (SSSR count). The van der Waals surface area contributed by atoms with E-state index in [-0.39, 0.29) is 4.21 Å². The lowest BCUT2D eigenvalue weighted by Gasteiger charge is -2.15. The van der Waals surface area contributed by atoms with Crippen molar-refractivity contribution < 1.29 is 8.42 Å². The molecule has 0 aliphatic heterocycles. The molecule has 0 bridgehead atoms. The molecular formula is C13H12BrCl2NO2S2. The minimum absolute atomic E-state index is 0.267. The molecule has 8 heteroatoms. The van der Waals surface area contributed by atoms with Crippen LogP contribution in [0.25, 0.3) is 0 Å². The predicted molar refractivity (Wildman–Crippen MR) is 92.0 cm³/mol. The molecule has 2 aromatic rings. The summed E-state index contributed by atoms with van der Waals surface area (Å²) in [4.78, 5) is 0. The van der Waals surface area contributed by atoms with Crippen LogP contribution < -0.4 is 4.72 Å². The summed E-state index contributed by atoms with van der Waals surface area (Å²) in [7, 11) is -3.59. The monoisotopic (exact) mass is 427 g/mol. The Morgan fingerprint density at radius 3 is 2.48 bits per heavy atom. The molecule has 21 heavy (non-hydrogen) atoms. The molecule has 114 valence electrons. The highest BCUT2D eigenvalue weighted by Crippen LogP contribution is 2.32. The lowest BCUT2D eigenvalue weighted by molar-refractivity contribution is 0.569. The van der Waals surface area contributed by atoms with Gasteiger partial charge >= 0.3 is 0 Å². The molecule has 1 aromatic heterocycles. The van der Waals surface area contributed by atoms with Crippen LogP contribution >= 0.6 is 50.5 Å². The van der Waals surface area contributed by atoms with Crippen molar-refractivity contribution in [3.05, 3.63) is 49.2 Å². The van der Waals surface area contributed by atoms with Crippen LogP contribution in [-0.4, -0.2) is 8.42 Å². The number of halogens is 3. The van der Waals surface area contributed by atoms with Gasteiger partial charge in [0.1, 0.15) is 4.21 Å². The van der Waals surface area contributed by atoms with Gasteiger partial charge in [-0.3, -0.25) is 0 Å². The summed E-state index contributed by atoms with van der Waals surface area (Å²) in [5.41, 5.74) is 1.56. The zero-order valence-electron chi connectivity index (χ0n) is 11.2. The van der Waals surface area contributed by atoms with Gasteiger partial charge in [-0.25, -0.2) is 13.1 Å². The smallest absolute Gasteiger partial charge is 0.206 e. The largest absolute Gasteiger partial charge is 0.250 e. The van der Waals surface area contributed by atoms with Crippen molar-refractivity contribution in [3.8, 4) is 0 Å². The van der Waals surface area contributed by atoms with E-state index in [4.69, 9.17) is 23.2 Å². The first-order chi connectivity index (χ1) is 9.70. The van der Waals surface area contributed by atoms with E-state index in [0.717, 1.165) is 9.35 Å². The second-order valence-electron chi connectivity index (χ2n) is 4.53. The van der Waals surface area contributed by atoms with Crippen LogP contribution in [0.5, 0.6) is 0 Å². The molecule has 0 aliphatic carbocycles. The van der Waals surface area contributed by atoms with Crippen LogP contribution in [0.4, 0.5) is 0 Å².